The zero-order valence-electron chi connectivity index (χ0n) is 10.2. The van der Waals surface area contributed by atoms with Gasteiger partial charge in [-0.1, -0.05) is 23.2 Å². The van der Waals surface area contributed by atoms with Crippen LogP contribution in [0, 0.1) is 0 Å². The number of likely N-dealkylation sites (tertiary alicyclic amines) is 1. The second-order valence-corrected chi connectivity index (χ2v) is 5.52. The summed E-state index contributed by atoms with van der Waals surface area (Å²) in [6, 6.07) is 5.15. The van der Waals surface area contributed by atoms with E-state index in [0.717, 1.165) is 25.9 Å². The van der Waals surface area contributed by atoms with Crippen molar-refractivity contribution in [2.24, 2.45) is 0 Å². The quantitative estimate of drug-likeness (QED) is 0.907. The van der Waals surface area contributed by atoms with Crippen LogP contribution < -0.4 is 5.32 Å². The number of nitrogens with zero attached hydrogens (tertiary/aromatic N) is 1. The van der Waals surface area contributed by atoms with Gasteiger partial charge in [0.05, 0.1) is 10.6 Å². The fraction of sp³-hybridized carbons (Fsp3) is 0.462. The normalized spacial score (nSPS) is 17.7. The van der Waals surface area contributed by atoms with Crippen LogP contribution in [0.1, 0.15) is 23.2 Å². The Labute approximate surface area is 117 Å². The SMILES string of the molecule is CN1CCC(NC(=O)c2cc(Cl)ccc2Cl)CC1. The number of nitrogens with one attached hydrogen (secondary N) is 1. The lowest BCUT2D eigenvalue weighted by molar-refractivity contribution is 0.0917. The van der Waals surface area contributed by atoms with Crippen LogP contribution in [-0.4, -0.2) is 37.0 Å². The van der Waals surface area contributed by atoms with Crippen LogP contribution in [0.15, 0.2) is 18.2 Å². The highest BCUT2D eigenvalue weighted by Crippen LogP contribution is 2.21. The lowest BCUT2D eigenvalue weighted by atomic mass is 10.0. The minimum absolute atomic E-state index is 0.142. The second kappa shape index (κ2) is 5.91. The number of piperidine rings is 1. The zero-order chi connectivity index (χ0) is 13.1. The fourth-order valence-electron chi connectivity index (χ4n) is 2.09. The smallest absolute Gasteiger partial charge is 0.253 e. The highest BCUT2D eigenvalue weighted by atomic mass is 35.5. The van der Waals surface area contributed by atoms with E-state index < -0.39 is 0 Å². The molecule has 1 N–H and O–H groups in total. The van der Waals surface area contributed by atoms with Crippen LogP contribution in [0.25, 0.3) is 0 Å². The molecule has 0 spiro atoms. The van der Waals surface area contributed by atoms with Crippen molar-refractivity contribution in [1.82, 2.24) is 10.2 Å². The van der Waals surface area contributed by atoms with Crippen LogP contribution in [0.5, 0.6) is 0 Å². The fourth-order valence-corrected chi connectivity index (χ4v) is 2.46. The van der Waals surface area contributed by atoms with Crippen molar-refractivity contribution in [2.75, 3.05) is 20.1 Å². The van der Waals surface area contributed by atoms with Gasteiger partial charge in [0.15, 0.2) is 0 Å². The van der Waals surface area contributed by atoms with Gasteiger partial charge in [-0.3, -0.25) is 4.79 Å². The Morgan fingerprint density at radius 1 is 1.33 bits per heavy atom. The van der Waals surface area contributed by atoms with E-state index in [4.69, 9.17) is 23.2 Å². The van der Waals surface area contributed by atoms with E-state index in [0.29, 0.717) is 15.6 Å². The van der Waals surface area contributed by atoms with Gasteiger partial charge in [0, 0.05) is 11.1 Å². The van der Waals surface area contributed by atoms with Gasteiger partial charge in [0.2, 0.25) is 0 Å². The number of carbonyl (C=O) groups is 1. The maximum absolute atomic E-state index is 12.1. The van der Waals surface area contributed by atoms with Gasteiger partial charge in [-0.15, -0.1) is 0 Å². The van der Waals surface area contributed by atoms with Gasteiger partial charge in [0.1, 0.15) is 0 Å². The van der Waals surface area contributed by atoms with Gasteiger partial charge in [0.25, 0.3) is 5.91 Å². The van der Waals surface area contributed by atoms with Crippen molar-refractivity contribution < 1.29 is 4.79 Å². The Kier molecular flexibility index (Phi) is 4.49. The van der Waals surface area contributed by atoms with E-state index in [2.05, 4.69) is 17.3 Å². The van der Waals surface area contributed by atoms with Crippen molar-refractivity contribution >= 4 is 29.1 Å². The van der Waals surface area contributed by atoms with E-state index in [1.165, 1.54) is 0 Å². The summed E-state index contributed by atoms with van der Waals surface area (Å²) in [4.78, 5) is 14.4. The number of hydrogen-bond donors (Lipinski definition) is 1. The molecule has 1 aliphatic heterocycles. The third-order valence-electron chi connectivity index (χ3n) is 3.23. The molecule has 1 amide bonds. The minimum Gasteiger partial charge on any atom is -0.349 e. The molecule has 0 atom stereocenters. The maximum Gasteiger partial charge on any atom is 0.253 e. The van der Waals surface area contributed by atoms with Gasteiger partial charge in [-0.05, 0) is 51.2 Å². The average molecular weight is 287 g/mol. The minimum atomic E-state index is -0.142. The molecule has 0 saturated carbocycles. The van der Waals surface area contributed by atoms with E-state index in [1.807, 2.05) is 0 Å². The summed E-state index contributed by atoms with van der Waals surface area (Å²) in [5.41, 5.74) is 0.447. The average Bonchev–Trinajstić information content (AvgIpc) is 2.35. The maximum atomic E-state index is 12.1. The molecular formula is C13H16Cl2N2O. The predicted molar refractivity (Wildman–Crippen MR) is 74.4 cm³/mol. The summed E-state index contributed by atoms with van der Waals surface area (Å²) in [5, 5.41) is 3.97. The lowest BCUT2D eigenvalue weighted by Crippen LogP contribution is -2.43. The molecular weight excluding hydrogens is 271 g/mol. The molecule has 0 aromatic heterocycles. The molecule has 1 aliphatic rings. The van der Waals surface area contributed by atoms with E-state index in [9.17, 15) is 4.79 Å². The van der Waals surface area contributed by atoms with Gasteiger partial charge in [-0.2, -0.15) is 0 Å². The third-order valence-corrected chi connectivity index (χ3v) is 3.79. The monoisotopic (exact) mass is 286 g/mol. The molecule has 0 radical (unpaired) electrons. The van der Waals surface area contributed by atoms with E-state index >= 15 is 0 Å². The Morgan fingerprint density at radius 3 is 2.67 bits per heavy atom. The van der Waals surface area contributed by atoms with Crippen LogP contribution in [0.2, 0.25) is 10.0 Å². The summed E-state index contributed by atoms with van der Waals surface area (Å²) in [5.74, 6) is -0.142. The molecule has 98 valence electrons. The molecule has 1 aromatic rings. The van der Waals surface area contributed by atoms with Crippen molar-refractivity contribution in [2.45, 2.75) is 18.9 Å². The van der Waals surface area contributed by atoms with Crippen molar-refractivity contribution in [1.29, 1.82) is 0 Å². The van der Waals surface area contributed by atoms with Crippen molar-refractivity contribution in [3.63, 3.8) is 0 Å². The zero-order valence-corrected chi connectivity index (χ0v) is 11.8. The molecule has 1 heterocycles. The Balaban J connectivity index is 2.01. The Morgan fingerprint density at radius 2 is 2.00 bits per heavy atom. The molecule has 0 bridgehead atoms. The summed E-state index contributed by atoms with van der Waals surface area (Å²) in [6.07, 6.45) is 1.95. The second-order valence-electron chi connectivity index (χ2n) is 4.68. The largest absolute Gasteiger partial charge is 0.349 e. The summed E-state index contributed by atoms with van der Waals surface area (Å²) in [7, 11) is 2.09. The molecule has 5 heteroatoms. The van der Waals surface area contributed by atoms with E-state index in [-0.39, 0.29) is 11.9 Å². The molecule has 0 aliphatic carbocycles. The number of rotatable bonds is 2. The van der Waals surface area contributed by atoms with Crippen molar-refractivity contribution in [3.8, 4) is 0 Å². The van der Waals surface area contributed by atoms with Crippen LogP contribution in [0.3, 0.4) is 0 Å². The topological polar surface area (TPSA) is 32.3 Å². The number of benzene rings is 1. The lowest BCUT2D eigenvalue weighted by Gasteiger charge is -2.29. The number of halogens is 2. The molecule has 1 aromatic carbocycles. The first-order valence-corrected chi connectivity index (χ1v) is 6.76. The highest BCUT2D eigenvalue weighted by molar-refractivity contribution is 6.35. The molecule has 3 nitrogen and oxygen atoms in total. The number of amides is 1. The third kappa shape index (κ3) is 3.37. The molecule has 2 rings (SSSR count). The van der Waals surface area contributed by atoms with Gasteiger partial charge >= 0.3 is 0 Å². The molecule has 18 heavy (non-hydrogen) atoms. The molecule has 1 saturated heterocycles. The van der Waals surface area contributed by atoms with E-state index in [1.54, 1.807) is 18.2 Å². The summed E-state index contributed by atoms with van der Waals surface area (Å²) >= 11 is 11.9. The van der Waals surface area contributed by atoms with Crippen LogP contribution >= 0.6 is 23.2 Å². The first-order valence-electron chi connectivity index (χ1n) is 6.00. The van der Waals surface area contributed by atoms with Crippen LogP contribution in [-0.2, 0) is 0 Å². The Bertz CT molecular complexity index is 443. The standard InChI is InChI=1S/C13H16Cl2N2O/c1-17-6-4-10(5-7-17)16-13(18)11-8-9(14)2-3-12(11)15/h2-3,8,10H,4-7H2,1H3,(H,16,18). The Hall–Kier alpha value is -0.770. The highest BCUT2D eigenvalue weighted by Gasteiger charge is 2.20. The van der Waals surface area contributed by atoms with Gasteiger partial charge in [-0.25, -0.2) is 0 Å². The molecule has 0 unspecified atom stereocenters. The molecule has 1 fully saturated rings. The van der Waals surface area contributed by atoms with Gasteiger partial charge < -0.3 is 10.2 Å². The number of carbonyl (C=O) groups excluding carboxylic acids is 1. The summed E-state index contributed by atoms with van der Waals surface area (Å²) < 4.78 is 0. The predicted octanol–water partition coefficient (Wildman–Crippen LogP) is 2.82. The van der Waals surface area contributed by atoms with Crippen LogP contribution in [0.4, 0.5) is 0 Å². The summed E-state index contributed by atoms with van der Waals surface area (Å²) in [6.45, 7) is 2.02. The number of hydrogen-bond acceptors (Lipinski definition) is 2. The first kappa shape index (κ1) is 13.7. The first-order chi connectivity index (χ1) is 8.56. The van der Waals surface area contributed by atoms with Crippen molar-refractivity contribution in [3.05, 3.63) is 33.8 Å².